The van der Waals surface area contributed by atoms with E-state index in [0.29, 0.717) is 11.3 Å². The molecule has 0 aliphatic heterocycles. The number of amides is 1. The van der Waals surface area contributed by atoms with Crippen LogP contribution >= 0.6 is 24.8 Å². The number of carbonyl (C=O) groups excluding carboxylic acids is 1. The maximum absolute atomic E-state index is 14.0. The molecule has 1 aromatic heterocycles. The average molecular weight is 363 g/mol. The summed E-state index contributed by atoms with van der Waals surface area (Å²) in [6.07, 6.45) is 4.79. The molecule has 23 heavy (non-hydrogen) atoms. The highest BCUT2D eigenvalue weighted by Crippen LogP contribution is 2.15. The molecule has 0 spiro atoms. The van der Waals surface area contributed by atoms with Crippen LogP contribution in [0.2, 0.25) is 0 Å². The van der Waals surface area contributed by atoms with Crippen LogP contribution in [0.3, 0.4) is 0 Å². The number of aromatic nitrogens is 2. The first-order valence-corrected chi connectivity index (χ1v) is 6.79. The van der Waals surface area contributed by atoms with Crippen molar-refractivity contribution in [2.45, 2.75) is 26.4 Å². The SMILES string of the molecule is CC(N)C(C)C(=O)NCc1ccc(-n2ccnc2)c(F)c1.Cl.Cl. The summed E-state index contributed by atoms with van der Waals surface area (Å²) in [7, 11) is 0. The highest BCUT2D eigenvalue weighted by atomic mass is 35.5. The highest BCUT2D eigenvalue weighted by molar-refractivity contribution is 5.85. The number of hydrogen-bond acceptors (Lipinski definition) is 3. The molecule has 0 bridgehead atoms. The fourth-order valence-corrected chi connectivity index (χ4v) is 1.86. The van der Waals surface area contributed by atoms with Crippen molar-refractivity contribution in [2.24, 2.45) is 11.7 Å². The van der Waals surface area contributed by atoms with Crippen LogP contribution in [-0.4, -0.2) is 21.5 Å². The molecule has 0 saturated heterocycles. The van der Waals surface area contributed by atoms with Crippen molar-refractivity contribution in [1.29, 1.82) is 0 Å². The molecule has 0 radical (unpaired) electrons. The molecular formula is C15H21Cl2FN4O. The number of rotatable bonds is 5. The Balaban J connectivity index is 0.00000242. The van der Waals surface area contributed by atoms with E-state index in [1.165, 1.54) is 12.4 Å². The van der Waals surface area contributed by atoms with Gasteiger partial charge >= 0.3 is 0 Å². The Morgan fingerprint density at radius 1 is 1.39 bits per heavy atom. The molecule has 128 valence electrons. The minimum Gasteiger partial charge on any atom is -0.352 e. The summed E-state index contributed by atoms with van der Waals surface area (Å²) < 4.78 is 15.6. The van der Waals surface area contributed by atoms with Crippen molar-refractivity contribution in [3.05, 3.63) is 48.3 Å². The Bertz CT molecular complexity index is 620. The van der Waals surface area contributed by atoms with E-state index in [9.17, 15) is 9.18 Å². The monoisotopic (exact) mass is 362 g/mol. The van der Waals surface area contributed by atoms with Gasteiger partial charge < -0.3 is 15.6 Å². The molecule has 5 nitrogen and oxygen atoms in total. The number of hydrogen-bond donors (Lipinski definition) is 2. The molecule has 0 saturated carbocycles. The standard InChI is InChI=1S/C15H19FN4O.2ClH/c1-10(11(2)17)15(21)19-8-12-3-4-14(13(16)7-12)20-6-5-18-9-20;;/h3-7,9-11H,8,17H2,1-2H3,(H,19,21);2*1H. The zero-order valence-corrected chi connectivity index (χ0v) is 14.5. The van der Waals surface area contributed by atoms with Gasteiger partial charge in [-0.3, -0.25) is 4.79 Å². The number of imidazole rings is 1. The predicted molar refractivity (Wildman–Crippen MR) is 92.7 cm³/mol. The van der Waals surface area contributed by atoms with Crippen molar-refractivity contribution in [3.8, 4) is 5.69 Å². The lowest BCUT2D eigenvalue weighted by atomic mass is 10.0. The molecule has 0 fully saturated rings. The summed E-state index contributed by atoms with van der Waals surface area (Å²) in [6.45, 7) is 3.82. The fourth-order valence-electron chi connectivity index (χ4n) is 1.86. The van der Waals surface area contributed by atoms with Crippen molar-refractivity contribution in [3.63, 3.8) is 0 Å². The Hall–Kier alpha value is -1.63. The van der Waals surface area contributed by atoms with E-state index in [0.717, 1.165) is 0 Å². The Kier molecular flexibility index (Phi) is 8.82. The molecule has 2 rings (SSSR count). The third-order valence-electron chi connectivity index (χ3n) is 3.46. The maximum atomic E-state index is 14.0. The van der Waals surface area contributed by atoms with Gasteiger partial charge in [-0.15, -0.1) is 24.8 Å². The number of halogens is 3. The number of benzene rings is 1. The van der Waals surface area contributed by atoms with Gasteiger partial charge in [0.2, 0.25) is 5.91 Å². The predicted octanol–water partition coefficient (Wildman–Crippen LogP) is 2.45. The number of nitrogens with one attached hydrogen (secondary N) is 1. The van der Waals surface area contributed by atoms with E-state index in [2.05, 4.69) is 10.3 Å². The first-order valence-electron chi connectivity index (χ1n) is 6.79. The molecule has 2 aromatic rings. The largest absolute Gasteiger partial charge is 0.352 e. The quantitative estimate of drug-likeness (QED) is 0.857. The summed E-state index contributed by atoms with van der Waals surface area (Å²) in [5.41, 5.74) is 6.79. The van der Waals surface area contributed by atoms with Crippen LogP contribution in [0.4, 0.5) is 4.39 Å². The third-order valence-corrected chi connectivity index (χ3v) is 3.46. The first kappa shape index (κ1) is 21.4. The van der Waals surface area contributed by atoms with Crippen LogP contribution in [0, 0.1) is 11.7 Å². The molecule has 2 atom stereocenters. The lowest BCUT2D eigenvalue weighted by Crippen LogP contribution is -2.38. The molecule has 3 N–H and O–H groups in total. The average Bonchev–Trinajstić information content (AvgIpc) is 2.97. The second-order valence-electron chi connectivity index (χ2n) is 5.12. The molecule has 1 aromatic carbocycles. The van der Waals surface area contributed by atoms with E-state index in [1.54, 1.807) is 42.9 Å². The van der Waals surface area contributed by atoms with E-state index in [4.69, 9.17) is 5.73 Å². The summed E-state index contributed by atoms with van der Waals surface area (Å²) in [4.78, 5) is 15.7. The molecule has 2 unspecified atom stereocenters. The summed E-state index contributed by atoms with van der Waals surface area (Å²) in [5.74, 6) is -0.774. The van der Waals surface area contributed by atoms with Crippen molar-refractivity contribution >= 4 is 30.7 Å². The summed E-state index contributed by atoms with van der Waals surface area (Å²) in [6, 6.07) is 4.62. The first-order chi connectivity index (χ1) is 9.99. The number of nitrogens with zero attached hydrogens (tertiary/aromatic N) is 2. The van der Waals surface area contributed by atoms with Crippen molar-refractivity contribution in [1.82, 2.24) is 14.9 Å². The van der Waals surface area contributed by atoms with Gasteiger partial charge in [0.25, 0.3) is 0 Å². The molecular weight excluding hydrogens is 342 g/mol. The molecule has 1 amide bonds. The molecule has 8 heteroatoms. The van der Waals surface area contributed by atoms with Gasteiger partial charge in [0.05, 0.1) is 12.0 Å². The van der Waals surface area contributed by atoms with Crippen LogP contribution in [-0.2, 0) is 11.3 Å². The van der Waals surface area contributed by atoms with Crippen LogP contribution in [0.5, 0.6) is 0 Å². The van der Waals surface area contributed by atoms with Gasteiger partial charge in [-0.1, -0.05) is 13.0 Å². The Labute approximate surface area is 147 Å². The zero-order chi connectivity index (χ0) is 15.4. The maximum Gasteiger partial charge on any atom is 0.224 e. The zero-order valence-electron chi connectivity index (χ0n) is 12.9. The van der Waals surface area contributed by atoms with Gasteiger partial charge in [0.15, 0.2) is 0 Å². The second-order valence-corrected chi connectivity index (χ2v) is 5.12. The third kappa shape index (κ3) is 5.49. The fraction of sp³-hybridized carbons (Fsp3) is 0.333. The lowest BCUT2D eigenvalue weighted by molar-refractivity contribution is -0.125. The Morgan fingerprint density at radius 2 is 2.09 bits per heavy atom. The molecule has 0 aliphatic rings. The van der Waals surface area contributed by atoms with E-state index in [1.807, 2.05) is 0 Å². The van der Waals surface area contributed by atoms with Crippen molar-refractivity contribution in [2.75, 3.05) is 0 Å². The Morgan fingerprint density at radius 3 is 2.61 bits per heavy atom. The van der Waals surface area contributed by atoms with Crippen LogP contribution in [0.1, 0.15) is 19.4 Å². The van der Waals surface area contributed by atoms with E-state index < -0.39 is 0 Å². The second kappa shape index (κ2) is 9.50. The van der Waals surface area contributed by atoms with Gasteiger partial charge in [0, 0.05) is 30.9 Å². The number of nitrogens with two attached hydrogens (primary N) is 1. The normalized spacial score (nSPS) is 12.5. The minimum absolute atomic E-state index is 0. The number of carbonyl (C=O) groups is 1. The van der Waals surface area contributed by atoms with Crippen LogP contribution in [0.25, 0.3) is 5.69 Å². The smallest absolute Gasteiger partial charge is 0.224 e. The van der Waals surface area contributed by atoms with E-state index in [-0.39, 0.29) is 55.0 Å². The summed E-state index contributed by atoms with van der Waals surface area (Å²) in [5, 5.41) is 2.76. The molecule has 1 heterocycles. The van der Waals surface area contributed by atoms with Crippen molar-refractivity contribution < 1.29 is 9.18 Å². The van der Waals surface area contributed by atoms with Crippen LogP contribution < -0.4 is 11.1 Å². The van der Waals surface area contributed by atoms with Crippen LogP contribution in [0.15, 0.2) is 36.9 Å². The van der Waals surface area contributed by atoms with Gasteiger partial charge in [-0.05, 0) is 24.6 Å². The van der Waals surface area contributed by atoms with E-state index >= 15 is 0 Å². The minimum atomic E-state index is -0.361. The van der Waals surface area contributed by atoms with Gasteiger partial charge in [0.1, 0.15) is 5.82 Å². The summed E-state index contributed by atoms with van der Waals surface area (Å²) >= 11 is 0. The highest BCUT2D eigenvalue weighted by Gasteiger charge is 2.16. The van der Waals surface area contributed by atoms with Gasteiger partial charge in [-0.25, -0.2) is 9.37 Å². The topological polar surface area (TPSA) is 72.9 Å². The lowest BCUT2D eigenvalue weighted by Gasteiger charge is -2.15. The van der Waals surface area contributed by atoms with Gasteiger partial charge in [-0.2, -0.15) is 0 Å². The molecule has 0 aliphatic carbocycles.